The molecule has 0 aromatic carbocycles. The van der Waals surface area contributed by atoms with Crippen LogP contribution in [0.25, 0.3) is 0 Å². The first-order chi connectivity index (χ1) is 7.69. The quantitative estimate of drug-likeness (QED) is 0.455. The summed E-state index contributed by atoms with van der Waals surface area (Å²) >= 11 is 0. The van der Waals surface area contributed by atoms with Crippen LogP contribution in [0.15, 0.2) is 0 Å². The Balaban J connectivity index is 4.94. The lowest BCUT2D eigenvalue weighted by Gasteiger charge is -2.29. The number of rotatable bonds is 8. The highest BCUT2D eigenvalue weighted by Crippen LogP contribution is 2.24. The molecule has 4 N–H and O–H groups in total. The highest BCUT2D eigenvalue weighted by atomic mass is 16.5. The molecule has 0 aromatic heterocycles. The summed E-state index contributed by atoms with van der Waals surface area (Å²) in [6.45, 7) is 2.41. The SMILES string of the molecule is CC(O)COC(CC(=O)O)(CC(C)O)C(=O)O. The van der Waals surface area contributed by atoms with Crippen LogP contribution in [-0.4, -0.2) is 56.8 Å². The zero-order valence-corrected chi connectivity index (χ0v) is 9.79. The van der Waals surface area contributed by atoms with Crippen LogP contribution in [0.4, 0.5) is 0 Å². The molecule has 0 aliphatic heterocycles. The molecule has 0 saturated heterocycles. The molecule has 7 nitrogen and oxygen atoms in total. The van der Waals surface area contributed by atoms with E-state index in [1.54, 1.807) is 0 Å². The van der Waals surface area contributed by atoms with Gasteiger partial charge in [-0.25, -0.2) is 4.79 Å². The Kier molecular flexibility index (Phi) is 6.08. The van der Waals surface area contributed by atoms with E-state index >= 15 is 0 Å². The average molecular weight is 250 g/mol. The van der Waals surface area contributed by atoms with Gasteiger partial charge < -0.3 is 25.2 Å². The number of hydrogen-bond donors (Lipinski definition) is 4. The van der Waals surface area contributed by atoms with Gasteiger partial charge in [0.15, 0.2) is 5.60 Å². The van der Waals surface area contributed by atoms with Crippen molar-refractivity contribution >= 4 is 11.9 Å². The van der Waals surface area contributed by atoms with E-state index in [0.29, 0.717) is 0 Å². The lowest BCUT2D eigenvalue weighted by molar-refractivity contribution is -0.180. The first kappa shape index (κ1) is 15.8. The Morgan fingerprint density at radius 1 is 1.18 bits per heavy atom. The van der Waals surface area contributed by atoms with E-state index in [2.05, 4.69) is 0 Å². The van der Waals surface area contributed by atoms with Crippen LogP contribution in [0, 0.1) is 0 Å². The van der Waals surface area contributed by atoms with Crippen molar-refractivity contribution < 1.29 is 34.8 Å². The van der Waals surface area contributed by atoms with Crippen molar-refractivity contribution in [3.05, 3.63) is 0 Å². The number of carbonyl (C=O) groups is 2. The van der Waals surface area contributed by atoms with Gasteiger partial charge in [-0.2, -0.15) is 0 Å². The molecule has 0 bridgehead atoms. The smallest absolute Gasteiger partial charge is 0.336 e. The second-order valence-corrected chi connectivity index (χ2v) is 4.08. The van der Waals surface area contributed by atoms with Crippen LogP contribution in [0.2, 0.25) is 0 Å². The molecule has 3 atom stereocenters. The second kappa shape index (κ2) is 6.53. The van der Waals surface area contributed by atoms with E-state index in [9.17, 15) is 14.7 Å². The van der Waals surface area contributed by atoms with Gasteiger partial charge in [-0.15, -0.1) is 0 Å². The highest BCUT2D eigenvalue weighted by Gasteiger charge is 2.43. The molecule has 3 unspecified atom stereocenters. The van der Waals surface area contributed by atoms with Crippen molar-refractivity contribution in [3.63, 3.8) is 0 Å². The van der Waals surface area contributed by atoms with Crippen LogP contribution >= 0.6 is 0 Å². The Hall–Kier alpha value is -1.18. The molecule has 0 aliphatic carbocycles. The maximum atomic E-state index is 11.1. The van der Waals surface area contributed by atoms with Crippen molar-refractivity contribution in [2.24, 2.45) is 0 Å². The third-order valence-corrected chi connectivity index (χ3v) is 2.05. The van der Waals surface area contributed by atoms with Gasteiger partial charge in [0, 0.05) is 6.42 Å². The predicted octanol–water partition coefficient (Wildman–Crippen LogP) is -0.547. The Morgan fingerprint density at radius 2 is 1.71 bits per heavy atom. The predicted molar refractivity (Wildman–Crippen MR) is 56.6 cm³/mol. The number of aliphatic hydroxyl groups is 2. The molecule has 0 amide bonds. The number of carboxylic acid groups (broad SMARTS) is 2. The molecule has 0 aliphatic rings. The monoisotopic (exact) mass is 250 g/mol. The van der Waals surface area contributed by atoms with E-state index in [0.717, 1.165) is 0 Å². The van der Waals surface area contributed by atoms with E-state index < -0.39 is 36.2 Å². The van der Waals surface area contributed by atoms with Crippen molar-refractivity contribution in [2.75, 3.05) is 6.61 Å². The van der Waals surface area contributed by atoms with Crippen molar-refractivity contribution in [2.45, 2.75) is 44.5 Å². The average Bonchev–Trinajstić information content (AvgIpc) is 2.11. The van der Waals surface area contributed by atoms with Gasteiger partial charge in [-0.05, 0) is 13.8 Å². The van der Waals surface area contributed by atoms with Gasteiger partial charge in [0.2, 0.25) is 0 Å². The van der Waals surface area contributed by atoms with E-state index in [4.69, 9.17) is 20.1 Å². The lowest BCUT2D eigenvalue weighted by atomic mass is 9.92. The fraction of sp³-hybridized carbons (Fsp3) is 0.800. The molecule has 0 radical (unpaired) electrons. The Labute approximate surface area is 98.6 Å². The first-order valence-electron chi connectivity index (χ1n) is 5.15. The number of aliphatic hydroxyl groups excluding tert-OH is 2. The molecule has 0 saturated carbocycles. The first-order valence-corrected chi connectivity index (χ1v) is 5.15. The minimum Gasteiger partial charge on any atom is -0.481 e. The molecule has 7 heteroatoms. The third-order valence-electron chi connectivity index (χ3n) is 2.05. The third kappa shape index (κ3) is 5.62. The molecule has 0 spiro atoms. The summed E-state index contributed by atoms with van der Waals surface area (Å²) in [6, 6.07) is 0. The van der Waals surface area contributed by atoms with Gasteiger partial charge in [-0.1, -0.05) is 0 Å². The minimum atomic E-state index is -2.02. The highest BCUT2D eigenvalue weighted by molar-refractivity contribution is 5.84. The second-order valence-electron chi connectivity index (χ2n) is 4.08. The zero-order chi connectivity index (χ0) is 13.6. The van der Waals surface area contributed by atoms with Crippen molar-refractivity contribution in [3.8, 4) is 0 Å². The molecular formula is C10H18O7. The molecule has 0 heterocycles. The van der Waals surface area contributed by atoms with Gasteiger partial charge in [0.1, 0.15) is 0 Å². The van der Waals surface area contributed by atoms with Crippen molar-refractivity contribution in [1.29, 1.82) is 0 Å². The summed E-state index contributed by atoms with van der Waals surface area (Å²) in [5, 5.41) is 36.0. The summed E-state index contributed by atoms with van der Waals surface area (Å²) in [5.41, 5.74) is -2.02. The molecule has 0 fully saturated rings. The maximum Gasteiger partial charge on any atom is 0.336 e. The fourth-order valence-electron chi connectivity index (χ4n) is 1.41. The molecule has 0 aromatic rings. The van der Waals surface area contributed by atoms with Crippen LogP contribution in [-0.2, 0) is 14.3 Å². The van der Waals surface area contributed by atoms with Gasteiger partial charge >= 0.3 is 11.9 Å². The molecule has 17 heavy (non-hydrogen) atoms. The molecule has 100 valence electrons. The Bertz CT molecular complexity index is 274. The normalized spacial score (nSPS) is 18.1. The molecular weight excluding hydrogens is 232 g/mol. The summed E-state index contributed by atoms with van der Waals surface area (Å²) in [7, 11) is 0. The van der Waals surface area contributed by atoms with Crippen molar-refractivity contribution in [1.82, 2.24) is 0 Å². The van der Waals surface area contributed by atoms with Crippen LogP contribution in [0.5, 0.6) is 0 Å². The van der Waals surface area contributed by atoms with Crippen LogP contribution < -0.4 is 0 Å². The summed E-state index contributed by atoms with van der Waals surface area (Å²) in [5.74, 6) is -2.82. The summed E-state index contributed by atoms with van der Waals surface area (Å²) in [4.78, 5) is 21.8. The van der Waals surface area contributed by atoms with E-state index in [1.165, 1.54) is 13.8 Å². The summed E-state index contributed by atoms with van der Waals surface area (Å²) < 4.78 is 4.98. The minimum absolute atomic E-state index is 0.313. The maximum absolute atomic E-state index is 11.1. The number of hydrogen-bond acceptors (Lipinski definition) is 5. The van der Waals surface area contributed by atoms with E-state index in [-0.39, 0.29) is 13.0 Å². The topological polar surface area (TPSA) is 124 Å². The molecule has 0 rings (SSSR count). The summed E-state index contributed by atoms with van der Waals surface area (Å²) in [6.07, 6.45) is -3.09. The van der Waals surface area contributed by atoms with Gasteiger partial charge in [0.25, 0.3) is 0 Å². The fourth-order valence-corrected chi connectivity index (χ4v) is 1.41. The Morgan fingerprint density at radius 3 is 2.00 bits per heavy atom. The zero-order valence-electron chi connectivity index (χ0n) is 9.79. The number of ether oxygens (including phenoxy) is 1. The van der Waals surface area contributed by atoms with Crippen LogP contribution in [0.3, 0.4) is 0 Å². The largest absolute Gasteiger partial charge is 0.481 e. The standard InChI is InChI=1S/C10H18O7/c1-6(11)3-10(9(15)16,4-8(13)14)17-5-7(2)12/h6-7,11-12H,3-5H2,1-2H3,(H,13,14)(H,15,16). The van der Waals surface area contributed by atoms with Gasteiger partial charge in [-0.3, -0.25) is 4.79 Å². The van der Waals surface area contributed by atoms with E-state index in [1.807, 2.05) is 0 Å². The van der Waals surface area contributed by atoms with Gasteiger partial charge in [0.05, 0.1) is 25.2 Å². The van der Waals surface area contributed by atoms with Crippen LogP contribution in [0.1, 0.15) is 26.7 Å². The number of carboxylic acids is 2. The number of aliphatic carboxylic acids is 2. The lowest BCUT2D eigenvalue weighted by Crippen LogP contribution is -2.47.